The molecule has 2 aromatic carbocycles. The van der Waals surface area contributed by atoms with E-state index in [-0.39, 0.29) is 6.61 Å². The second-order valence-electron chi connectivity index (χ2n) is 6.83. The summed E-state index contributed by atoms with van der Waals surface area (Å²) in [6.45, 7) is 3.59. The molecule has 0 fully saturated rings. The fraction of sp³-hybridized carbons (Fsp3) is 0.318. The number of hydrogen-bond donors (Lipinski definition) is 1. The van der Waals surface area contributed by atoms with Gasteiger partial charge in [0, 0.05) is 0 Å². The maximum Gasteiger partial charge on any atom is 0.343 e. The molecule has 0 aliphatic carbocycles. The predicted molar refractivity (Wildman–Crippen MR) is 124 cm³/mol. The molecule has 0 aliphatic heterocycles. The van der Waals surface area contributed by atoms with Gasteiger partial charge in [-0.2, -0.15) is 5.10 Å². The van der Waals surface area contributed by atoms with Crippen molar-refractivity contribution in [3.8, 4) is 11.5 Å². The van der Waals surface area contributed by atoms with Crippen LogP contribution in [-0.2, 0) is 24.3 Å². The van der Waals surface area contributed by atoms with E-state index in [1.807, 2.05) is 6.92 Å². The second kappa shape index (κ2) is 11.9. The lowest BCUT2D eigenvalue weighted by atomic mass is 10.2. The number of carbonyl (C=O) groups is 2. The van der Waals surface area contributed by atoms with E-state index in [9.17, 15) is 18.0 Å². The molecule has 10 nitrogen and oxygen atoms in total. The first-order valence-electron chi connectivity index (χ1n) is 10.0. The van der Waals surface area contributed by atoms with E-state index >= 15 is 0 Å². The summed E-state index contributed by atoms with van der Waals surface area (Å²) in [5.41, 5.74) is 3.34. The molecular formula is C22H27N3O7S. The normalized spacial score (nSPS) is 12.1. The van der Waals surface area contributed by atoms with Gasteiger partial charge in [0.2, 0.25) is 10.0 Å². The molecule has 178 valence electrons. The molecule has 1 atom stereocenters. The Kier molecular flexibility index (Phi) is 9.22. The zero-order chi connectivity index (χ0) is 24.4. The molecule has 0 bridgehead atoms. The minimum Gasteiger partial charge on any atom is -0.494 e. The number of esters is 1. The summed E-state index contributed by atoms with van der Waals surface area (Å²) in [6.07, 6.45) is 2.43. The van der Waals surface area contributed by atoms with Gasteiger partial charge in [0.15, 0.2) is 6.61 Å². The first kappa shape index (κ1) is 25.7. The van der Waals surface area contributed by atoms with E-state index in [0.717, 1.165) is 10.6 Å². The topological polar surface area (TPSA) is 124 Å². The molecule has 1 N–H and O–H groups in total. The van der Waals surface area contributed by atoms with Crippen LogP contribution in [0.4, 0.5) is 5.69 Å². The van der Waals surface area contributed by atoms with Crippen LogP contribution in [0.1, 0.15) is 19.4 Å². The van der Waals surface area contributed by atoms with Gasteiger partial charge in [-0.1, -0.05) is 0 Å². The molecule has 0 radical (unpaired) electrons. The number of rotatable bonds is 11. The van der Waals surface area contributed by atoms with E-state index in [1.54, 1.807) is 48.5 Å². The summed E-state index contributed by atoms with van der Waals surface area (Å²) in [6, 6.07) is 12.0. The summed E-state index contributed by atoms with van der Waals surface area (Å²) >= 11 is 0. The Morgan fingerprint density at radius 1 is 1.06 bits per heavy atom. The van der Waals surface area contributed by atoms with E-state index in [4.69, 9.17) is 9.47 Å². The fourth-order valence-corrected chi connectivity index (χ4v) is 3.95. The zero-order valence-corrected chi connectivity index (χ0v) is 19.7. The smallest absolute Gasteiger partial charge is 0.343 e. The molecule has 0 spiro atoms. The van der Waals surface area contributed by atoms with Crippen LogP contribution in [0.3, 0.4) is 0 Å². The largest absolute Gasteiger partial charge is 0.494 e. The summed E-state index contributed by atoms with van der Waals surface area (Å²) in [4.78, 5) is 23.7. The standard InChI is InChI=1S/C22H27N3O7S/c1-5-31-19-12-8-18(9-13-19)25(33(4,28)29)16(2)22(27)24-23-14-17-6-10-20(11-7-17)32-15-21(26)30-3/h6-14,16H,5,15H2,1-4H3,(H,24,27)/b23-14-/t16-/m0/s1. The maximum absolute atomic E-state index is 12.6. The maximum atomic E-state index is 12.6. The van der Waals surface area contributed by atoms with Crippen LogP contribution >= 0.6 is 0 Å². The third-order valence-corrected chi connectivity index (χ3v) is 5.59. The molecule has 0 saturated heterocycles. The number of anilines is 1. The van der Waals surface area contributed by atoms with E-state index in [2.05, 4.69) is 15.3 Å². The zero-order valence-electron chi connectivity index (χ0n) is 18.8. The van der Waals surface area contributed by atoms with Crippen molar-refractivity contribution < 1.29 is 32.2 Å². The number of ether oxygens (including phenoxy) is 3. The Labute approximate surface area is 193 Å². The first-order valence-corrected chi connectivity index (χ1v) is 11.9. The summed E-state index contributed by atoms with van der Waals surface area (Å²) < 4.78 is 40.9. The number of benzene rings is 2. The summed E-state index contributed by atoms with van der Waals surface area (Å²) in [7, 11) is -2.48. The van der Waals surface area contributed by atoms with E-state index < -0.39 is 27.9 Å². The number of hydrogen-bond acceptors (Lipinski definition) is 8. The number of methoxy groups -OCH3 is 1. The molecule has 0 saturated carbocycles. The average Bonchev–Trinajstić information content (AvgIpc) is 2.78. The van der Waals surface area contributed by atoms with Gasteiger partial charge in [-0.3, -0.25) is 9.10 Å². The Bertz CT molecular complexity index is 1070. The molecule has 1 amide bonds. The van der Waals surface area contributed by atoms with Crippen molar-refractivity contribution >= 4 is 33.8 Å². The molecule has 0 aliphatic rings. The molecule has 2 aromatic rings. The van der Waals surface area contributed by atoms with Crippen LogP contribution in [0.15, 0.2) is 53.6 Å². The van der Waals surface area contributed by atoms with E-state index in [1.165, 1.54) is 20.2 Å². The minimum absolute atomic E-state index is 0.205. The summed E-state index contributed by atoms with van der Waals surface area (Å²) in [5.74, 6) is -0.0399. The molecule has 0 unspecified atom stereocenters. The van der Waals surface area contributed by atoms with Crippen molar-refractivity contribution in [3.05, 3.63) is 54.1 Å². The van der Waals surface area contributed by atoms with Crippen molar-refractivity contribution in [2.24, 2.45) is 5.10 Å². The van der Waals surface area contributed by atoms with Crippen LogP contribution in [0.25, 0.3) is 0 Å². The Morgan fingerprint density at radius 2 is 1.64 bits per heavy atom. The number of amides is 1. The minimum atomic E-state index is -3.75. The highest BCUT2D eigenvalue weighted by Crippen LogP contribution is 2.24. The van der Waals surface area contributed by atoms with Crippen molar-refractivity contribution in [2.75, 3.05) is 30.9 Å². The molecule has 2 rings (SSSR count). The number of nitrogens with one attached hydrogen (secondary N) is 1. The number of carbonyl (C=O) groups excluding carboxylic acids is 2. The van der Waals surface area contributed by atoms with Gasteiger partial charge < -0.3 is 14.2 Å². The van der Waals surface area contributed by atoms with E-state index in [0.29, 0.717) is 29.4 Å². The lowest BCUT2D eigenvalue weighted by molar-refractivity contribution is -0.142. The van der Waals surface area contributed by atoms with Gasteiger partial charge in [0.25, 0.3) is 5.91 Å². The van der Waals surface area contributed by atoms with Gasteiger partial charge in [-0.25, -0.2) is 18.6 Å². The SMILES string of the molecule is CCOc1ccc(N([C@@H](C)C(=O)N/N=C\c2ccc(OCC(=O)OC)cc2)S(C)(=O)=O)cc1. The van der Waals surface area contributed by atoms with Gasteiger partial charge in [-0.15, -0.1) is 0 Å². The van der Waals surface area contributed by atoms with Gasteiger partial charge in [0.05, 0.1) is 31.9 Å². The van der Waals surface area contributed by atoms with Crippen LogP contribution in [0.2, 0.25) is 0 Å². The molecule has 0 heterocycles. The molecule has 33 heavy (non-hydrogen) atoms. The average molecular weight is 478 g/mol. The van der Waals surface area contributed by atoms with Crippen LogP contribution in [0.5, 0.6) is 11.5 Å². The number of sulfonamides is 1. The van der Waals surface area contributed by atoms with Crippen molar-refractivity contribution in [3.63, 3.8) is 0 Å². The van der Waals surface area contributed by atoms with Crippen molar-refractivity contribution in [1.29, 1.82) is 0 Å². The molecular weight excluding hydrogens is 450 g/mol. The summed E-state index contributed by atoms with van der Waals surface area (Å²) in [5, 5.41) is 3.90. The van der Waals surface area contributed by atoms with Crippen LogP contribution in [0, 0.1) is 0 Å². The highest BCUT2D eigenvalue weighted by Gasteiger charge is 2.29. The molecule has 0 aromatic heterocycles. The predicted octanol–water partition coefficient (Wildman–Crippen LogP) is 1.94. The Morgan fingerprint density at radius 3 is 2.18 bits per heavy atom. The lowest BCUT2D eigenvalue weighted by Gasteiger charge is -2.27. The van der Waals surface area contributed by atoms with Gasteiger partial charge in [-0.05, 0) is 67.9 Å². The van der Waals surface area contributed by atoms with Gasteiger partial charge >= 0.3 is 5.97 Å². The third-order valence-electron chi connectivity index (χ3n) is 4.34. The highest BCUT2D eigenvalue weighted by atomic mass is 32.2. The van der Waals surface area contributed by atoms with Gasteiger partial charge in [0.1, 0.15) is 17.5 Å². The highest BCUT2D eigenvalue weighted by molar-refractivity contribution is 7.92. The van der Waals surface area contributed by atoms with Crippen LogP contribution in [-0.4, -0.2) is 59.1 Å². The fourth-order valence-electron chi connectivity index (χ4n) is 2.78. The number of nitrogens with zero attached hydrogens (tertiary/aromatic N) is 2. The monoisotopic (exact) mass is 477 g/mol. The lowest BCUT2D eigenvalue weighted by Crippen LogP contribution is -2.46. The first-order chi connectivity index (χ1) is 15.7. The van der Waals surface area contributed by atoms with Crippen LogP contribution < -0.4 is 19.2 Å². The Hall–Kier alpha value is -3.60. The quantitative estimate of drug-likeness (QED) is 0.298. The third kappa shape index (κ3) is 7.79. The Balaban J connectivity index is 2.03. The second-order valence-corrected chi connectivity index (χ2v) is 8.69. The van der Waals surface area contributed by atoms with Crippen molar-refractivity contribution in [2.45, 2.75) is 19.9 Å². The van der Waals surface area contributed by atoms with Crippen molar-refractivity contribution in [1.82, 2.24) is 5.43 Å². The molecule has 11 heteroatoms. The number of hydrazone groups is 1.